The molecule has 0 unspecified atom stereocenters. The number of nitrogens with zero attached hydrogens (tertiary/aromatic N) is 4. The number of halogens is 1. The molecule has 1 aromatic heterocycles. The third kappa shape index (κ3) is 3.77. The van der Waals surface area contributed by atoms with Crippen LogP contribution in [0, 0.1) is 0 Å². The van der Waals surface area contributed by atoms with E-state index in [1.165, 1.54) is 5.69 Å². The Labute approximate surface area is 145 Å². The summed E-state index contributed by atoms with van der Waals surface area (Å²) in [5, 5.41) is 0. The van der Waals surface area contributed by atoms with Crippen LogP contribution in [0.3, 0.4) is 0 Å². The summed E-state index contributed by atoms with van der Waals surface area (Å²) in [6.07, 6.45) is 5.62. The van der Waals surface area contributed by atoms with Crippen molar-refractivity contribution in [2.45, 2.75) is 18.9 Å². The number of aromatic nitrogens is 1. The highest BCUT2D eigenvalue weighted by atomic mass is 79.9. The van der Waals surface area contributed by atoms with Crippen molar-refractivity contribution in [1.82, 2.24) is 14.8 Å². The highest BCUT2D eigenvalue weighted by molar-refractivity contribution is 9.10. The minimum absolute atomic E-state index is 0.136. The van der Waals surface area contributed by atoms with E-state index in [-0.39, 0.29) is 6.03 Å². The first-order chi connectivity index (χ1) is 11.2. The molecule has 0 radical (unpaired) electrons. The van der Waals surface area contributed by atoms with Crippen LogP contribution in [0.4, 0.5) is 10.5 Å². The molecule has 0 aliphatic carbocycles. The number of amides is 2. The Hall–Kier alpha value is -1.34. The van der Waals surface area contributed by atoms with E-state index in [4.69, 9.17) is 4.74 Å². The molecule has 0 bridgehead atoms. The second-order valence-corrected chi connectivity index (χ2v) is 6.89. The van der Waals surface area contributed by atoms with Crippen molar-refractivity contribution in [2.75, 3.05) is 51.3 Å². The van der Waals surface area contributed by atoms with Gasteiger partial charge in [-0.25, -0.2) is 4.79 Å². The van der Waals surface area contributed by atoms with Crippen LogP contribution < -0.4 is 4.90 Å². The number of anilines is 1. The molecule has 0 N–H and O–H groups in total. The maximum atomic E-state index is 12.6. The topological polar surface area (TPSA) is 48.9 Å². The van der Waals surface area contributed by atoms with Crippen molar-refractivity contribution in [3.8, 4) is 0 Å². The maximum Gasteiger partial charge on any atom is 0.320 e. The molecule has 0 spiro atoms. The van der Waals surface area contributed by atoms with Gasteiger partial charge in [0.1, 0.15) is 0 Å². The van der Waals surface area contributed by atoms with Gasteiger partial charge in [-0.05, 0) is 34.8 Å². The van der Waals surface area contributed by atoms with E-state index in [2.05, 4.69) is 25.8 Å². The fraction of sp³-hybridized carbons (Fsp3) is 0.625. The van der Waals surface area contributed by atoms with Crippen LogP contribution in [-0.2, 0) is 4.74 Å². The predicted molar refractivity (Wildman–Crippen MR) is 92.7 cm³/mol. The Morgan fingerprint density at radius 1 is 1.30 bits per heavy atom. The van der Waals surface area contributed by atoms with Gasteiger partial charge in [0.15, 0.2) is 0 Å². The smallest absolute Gasteiger partial charge is 0.320 e. The molecular formula is C16H23BrN4O2. The number of hydrogen-bond acceptors (Lipinski definition) is 4. The van der Waals surface area contributed by atoms with E-state index in [1.54, 1.807) is 0 Å². The molecule has 2 aliphatic heterocycles. The number of hydrogen-bond donors (Lipinski definition) is 0. The van der Waals surface area contributed by atoms with Crippen LogP contribution in [-0.4, -0.2) is 73.3 Å². The molecule has 126 valence electrons. The summed E-state index contributed by atoms with van der Waals surface area (Å²) in [4.78, 5) is 22.9. The molecule has 1 aromatic rings. The summed E-state index contributed by atoms with van der Waals surface area (Å²) in [5.41, 5.74) is 1.18. The third-order valence-electron chi connectivity index (χ3n) is 4.69. The Balaban J connectivity index is 1.56. The number of carbonyl (C=O) groups excluding carboxylic acids is 1. The molecule has 3 rings (SSSR count). The number of ether oxygens (including phenoxy) is 1. The van der Waals surface area contributed by atoms with Crippen LogP contribution in [0.15, 0.2) is 22.9 Å². The first kappa shape index (κ1) is 16.5. The average molecular weight is 383 g/mol. The highest BCUT2D eigenvalue weighted by Crippen LogP contribution is 2.28. The normalized spacial score (nSPS) is 19.7. The summed E-state index contributed by atoms with van der Waals surface area (Å²) in [5.74, 6) is 0. The van der Waals surface area contributed by atoms with Crippen molar-refractivity contribution in [2.24, 2.45) is 0 Å². The molecule has 2 fully saturated rings. The number of piperidine rings is 1. The lowest BCUT2D eigenvalue weighted by atomic mass is 10.0. The fourth-order valence-corrected chi connectivity index (χ4v) is 3.75. The molecule has 3 heterocycles. The molecule has 6 nitrogen and oxygen atoms in total. The van der Waals surface area contributed by atoms with E-state index < -0.39 is 0 Å². The number of pyridine rings is 1. The summed E-state index contributed by atoms with van der Waals surface area (Å²) < 4.78 is 6.34. The maximum absolute atomic E-state index is 12.6. The van der Waals surface area contributed by atoms with Gasteiger partial charge in [-0.15, -0.1) is 0 Å². The lowest BCUT2D eigenvalue weighted by Gasteiger charge is -2.40. The Bertz CT molecular complexity index is 543. The van der Waals surface area contributed by atoms with Crippen molar-refractivity contribution in [3.05, 3.63) is 22.9 Å². The molecule has 7 heteroatoms. The molecule has 23 heavy (non-hydrogen) atoms. The number of rotatable bonds is 2. The minimum Gasteiger partial charge on any atom is -0.378 e. The van der Waals surface area contributed by atoms with E-state index in [9.17, 15) is 4.79 Å². The first-order valence-corrected chi connectivity index (χ1v) is 8.90. The number of urea groups is 1. The number of carbonyl (C=O) groups is 1. The van der Waals surface area contributed by atoms with Gasteiger partial charge in [0, 0.05) is 51.7 Å². The van der Waals surface area contributed by atoms with Gasteiger partial charge < -0.3 is 19.4 Å². The second kappa shape index (κ2) is 7.49. The minimum atomic E-state index is 0.136. The lowest BCUT2D eigenvalue weighted by Crippen LogP contribution is -2.52. The quantitative estimate of drug-likeness (QED) is 0.786. The summed E-state index contributed by atoms with van der Waals surface area (Å²) in [7, 11) is 1.93. The first-order valence-electron chi connectivity index (χ1n) is 8.11. The van der Waals surface area contributed by atoms with Crippen molar-refractivity contribution >= 4 is 27.6 Å². The summed E-state index contributed by atoms with van der Waals surface area (Å²) >= 11 is 3.56. The van der Waals surface area contributed by atoms with Crippen LogP contribution in [0.25, 0.3) is 0 Å². The van der Waals surface area contributed by atoms with Gasteiger partial charge in [0.2, 0.25) is 0 Å². The van der Waals surface area contributed by atoms with E-state index in [0.29, 0.717) is 32.3 Å². The Morgan fingerprint density at radius 2 is 2.00 bits per heavy atom. The standard InChI is InChI=1S/C16H23BrN4O2/c1-19(16(22)21-8-10-23-11-9-21)13-3-6-20(7-4-13)15-2-5-18-12-14(15)17/h2,5,12-13H,3-4,6-11H2,1H3. The molecule has 2 saturated heterocycles. The van der Waals surface area contributed by atoms with Crippen molar-refractivity contribution < 1.29 is 9.53 Å². The largest absolute Gasteiger partial charge is 0.378 e. The predicted octanol–water partition coefficient (Wildman–Crippen LogP) is 2.20. The zero-order valence-electron chi connectivity index (χ0n) is 13.4. The van der Waals surface area contributed by atoms with Crippen LogP contribution in [0.1, 0.15) is 12.8 Å². The van der Waals surface area contributed by atoms with Gasteiger partial charge in [-0.1, -0.05) is 0 Å². The summed E-state index contributed by atoms with van der Waals surface area (Å²) in [6, 6.07) is 2.48. The Morgan fingerprint density at radius 3 is 2.65 bits per heavy atom. The molecule has 0 aromatic carbocycles. The van der Waals surface area contributed by atoms with Gasteiger partial charge in [0.05, 0.1) is 23.4 Å². The number of morpholine rings is 1. The van der Waals surface area contributed by atoms with Gasteiger partial charge in [0.25, 0.3) is 0 Å². The van der Waals surface area contributed by atoms with Gasteiger partial charge in [-0.3, -0.25) is 4.98 Å². The zero-order valence-corrected chi connectivity index (χ0v) is 15.0. The van der Waals surface area contributed by atoms with Crippen LogP contribution in [0.2, 0.25) is 0 Å². The molecule has 2 amide bonds. The molecule has 2 aliphatic rings. The highest BCUT2D eigenvalue weighted by Gasteiger charge is 2.29. The Kier molecular flexibility index (Phi) is 5.38. The van der Waals surface area contributed by atoms with E-state index in [0.717, 1.165) is 30.4 Å². The SMILES string of the molecule is CN(C(=O)N1CCOCC1)C1CCN(c2ccncc2Br)CC1. The molecule has 0 saturated carbocycles. The second-order valence-electron chi connectivity index (χ2n) is 6.04. The van der Waals surface area contributed by atoms with E-state index >= 15 is 0 Å². The van der Waals surface area contributed by atoms with Gasteiger partial charge in [-0.2, -0.15) is 0 Å². The van der Waals surface area contributed by atoms with Crippen LogP contribution in [0.5, 0.6) is 0 Å². The van der Waals surface area contributed by atoms with Crippen molar-refractivity contribution in [3.63, 3.8) is 0 Å². The van der Waals surface area contributed by atoms with Crippen LogP contribution >= 0.6 is 15.9 Å². The lowest BCUT2D eigenvalue weighted by molar-refractivity contribution is 0.0409. The van der Waals surface area contributed by atoms with Crippen molar-refractivity contribution in [1.29, 1.82) is 0 Å². The van der Waals surface area contributed by atoms with Gasteiger partial charge >= 0.3 is 6.03 Å². The zero-order chi connectivity index (χ0) is 16.2. The third-order valence-corrected chi connectivity index (χ3v) is 5.30. The average Bonchev–Trinajstić information content (AvgIpc) is 2.62. The summed E-state index contributed by atoms with van der Waals surface area (Å²) in [6.45, 7) is 4.60. The molecule has 0 atom stereocenters. The molecular weight excluding hydrogens is 360 g/mol. The fourth-order valence-electron chi connectivity index (χ4n) is 3.25. The monoisotopic (exact) mass is 382 g/mol. The van der Waals surface area contributed by atoms with E-state index in [1.807, 2.05) is 35.3 Å².